The maximum atomic E-state index is 10.1. The fourth-order valence-corrected chi connectivity index (χ4v) is 2.41. The lowest BCUT2D eigenvalue weighted by atomic mass is 9.71. The van der Waals surface area contributed by atoms with Gasteiger partial charge in [0.05, 0.1) is 6.10 Å². The van der Waals surface area contributed by atoms with E-state index >= 15 is 0 Å². The summed E-state index contributed by atoms with van der Waals surface area (Å²) in [6, 6.07) is 0. The molecule has 1 N–H and O–H groups in total. The number of hydrogen-bond donors (Lipinski definition) is 1. The summed E-state index contributed by atoms with van der Waals surface area (Å²) in [5, 5.41) is 10.1. The van der Waals surface area contributed by atoms with Gasteiger partial charge in [-0.15, -0.1) is 0 Å². The molecule has 1 aliphatic rings. The third-order valence-corrected chi connectivity index (χ3v) is 3.93. The highest BCUT2D eigenvalue weighted by Gasteiger charge is 2.30. The summed E-state index contributed by atoms with van der Waals surface area (Å²) in [5.41, 5.74) is 1.69. The molecule has 0 amide bonds. The molecule has 0 aromatic rings. The smallest absolute Gasteiger partial charge is 0.0605 e. The molecule has 0 heterocycles. The second-order valence-corrected chi connectivity index (χ2v) is 5.88. The maximum Gasteiger partial charge on any atom is 0.0605 e. The first-order chi connectivity index (χ1) is 6.94. The van der Waals surface area contributed by atoms with Crippen molar-refractivity contribution < 1.29 is 5.11 Å². The molecule has 0 radical (unpaired) electrons. The van der Waals surface area contributed by atoms with Gasteiger partial charge >= 0.3 is 0 Å². The first-order valence-corrected chi connectivity index (χ1v) is 6.29. The van der Waals surface area contributed by atoms with Gasteiger partial charge in [0.25, 0.3) is 0 Å². The Morgan fingerprint density at radius 1 is 1.40 bits per heavy atom. The zero-order valence-corrected chi connectivity index (χ0v) is 10.6. The maximum absolute atomic E-state index is 10.1. The normalized spacial score (nSPS) is 23.7. The van der Waals surface area contributed by atoms with E-state index in [0.717, 1.165) is 12.8 Å². The molecule has 1 atom stereocenters. The predicted octanol–water partition coefficient (Wildman–Crippen LogP) is 3.92. The zero-order valence-electron chi connectivity index (χ0n) is 10.6. The highest BCUT2D eigenvalue weighted by Crippen LogP contribution is 2.40. The molecule has 0 aromatic carbocycles. The minimum absolute atomic E-state index is 0.145. The lowest BCUT2D eigenvalue weighted by molar-refractivity contribution is 0.0573. The zero-order chi connectivity index (χ0) is 11.5. The van der Waals surface area contributed by atoms with Gasteiger partial charge in [0.1, 0.15) is 0 Å². The van der Waals surface area contributed by atoms with Crippen LogP contribution in [0.2, 0.25) is 0 Å². The van der Waals surface area contributed by atoms with Crippen LogP contribution in [0.3, 0.4) is 0 Å². The lowest BCUT2D eigenvalue weighted by Gasteiger charge is -2.36. The summed E-state index contributed by atoms with van der Waals surface area (Å²) in [7, 11) is 0. The van der Waals surface area contributed by atoms with E-state index in [9.17, 15) is 5.11 Å². The quantitative estimate of drug-likeness (QED) is 0.697. The average Bonchev–Trinajstić information content (AvgIpc) is 2.17. The van der Waals surface area contributed by atoms with Crippen molar-refractivity contribution in [2.45, 2.75) is 65.4 Å². The topological polar surface area (TPSA) is 20.2 Å². The predicted molar refractivity (Wildman–Crippen MR) is 65.8 cm³/mol. The van der Waals surface area contributed by atoms with E-state index in [4.69, 9.17) is 0 Å². The number of hydrogen-bond acceptors (Lipinski definition) is 1. The molecule has 88 valence electrons. The summed E-state index contributed by atoms with van der Waals surface area (Å²) in [4.78, 5) is 0. The van der Waals surface area contributed by atoms with Crippen molar-refractivity contribution in [3.05, 3.63) is 12.2 Å². The van der Waals surface area contributed by atoms with Gasteiger partial charge in [0.2, 0.25) is 0 Å². The molecule has 1 saturated carbocycles. The van der Waals surface area contributed by atoms with E-state index < -0.39 is 0 Å². The fourth-order valence-electron chi connectivity index (χ4n) is 2.41. The van der Waals surface area contributed by atoms with Crippen molar-refractivity contribution in [3.63, 3.8) is 0 Å². The Kier molecular flexibility index (Phi) is 4.39. The van der Waals surface area contributed by atoms with Gasteiger partial charge in [0, 0.05) is 0 Å². The molecule has 1 rings (SSSR count). The molecule has 1 fully saturated rings. The molecule has 1 nitrogen and oxygen atoms in total. The molecular formula is C14H26O. The Labute approximate surface area is 94.6 Å². The van der Waals surface area contributed by atoms with Crippen molar-refractivity contribution >= 4 is 0 Å². The van der Waals surface area contributed by atoms with Crippen LogP contribution in [0.25, 0.3) is 0 Å². The largest absolute Gasteiger partial charge is 0.393 e. The van der Waals surface area contributed by atoms with Crippen LogP contribution in [0.4, 0.5) is 0 Å². The van der Waals surface area contributed by atoms with Gasteiger partial charge in [-0.05, 0) is 49.9 Å². The molecule has 0 aliphatic heterocycles. The molecule has 0 saturated heterocycles. The number of aliphatic hydroxyl groups excluding tert-OH is 1. The molecule has 0 aromatic heterocycles. The van der Waals surface area contributed by atoms with Crippen LogP contribution in [0.5, 0.6) is 0 Å². The minimum Gasteiger partial charge on any atom is -0.393 e. The van der Waals surface area contributed by atoms with Gasteiger partial charge in [-0.2, -0.15) is 0 Å². The van der Waals surface area contributed by atoms with Gasteiger partial charge in [-0.3, -0.25) is 0 Å². The van der Waals surface area contributed by atoms with Gasteiger partial charge in [-0.25, -0.2) is 0 Å². The highest BCUT2D eigenvalue weighted by molar-refractivity contribution is 4.96. The number of rotatable bonds is 4. The fraction of sp³-hybridized carbons (Fsp3) is 0.857. The van der Waals surface area contributed by atoms with Crippen LogP contribution >= 0.6 is 0 Å². The Hall–Kier alpha value is -0.300. The lowest BCUT2D eigenvalue weighted by Crippen LogP contribution is -2.29. The molecule has 0 spiro atoms. The van der Waals surface area contributed by atoms with Crippen LogP contribution in [0, 0.1) is 11.3 Å². The SMILES string of the molecule is C=C(CC)CC(O)C1CCC(C)(C)CC1. The van der Waals surface area contributed by atoms with E-state index in [1.54, 1.807) is 0 Å². The van der Waals surface area contributed by atoms with E-state index in [2.05, 4.69) is 27.4 Å². The molecule has 0 bridgehead atoms. The van der Waals surface area contributed by atoms with Crippen molar-refractivity contribution in [2.75, 3.05) is 0 Å². The van der Waals surface area contributed by atoms with E-state index in [1.165, 1.54) is 31.3 Å². The van der Waals surface area contributed by atoms with Crippen LogP contribution in [0.1, 0.15) is 59.3 Å². The summed E-state index contributed by atoms with van der Waals surface area (Å²) < 4.78 is 0. The Morgan fingerprint density at radius 2 is 1.93 bits per heavy atom. The van der Waals surface area contributed by atoms with Crippen LogP contribution in [-0.2, 0) is 0 Å². The van der Waals surface area contributed by atoms with Gasteiger partial charge < -0.3 is 5.11 Å². The molecule has 1 unspecified atom stereocenters. The Balaban J connectivity index is 2.36. The first-order valence-electron chi connectivity index (χ1n) is 6.29. The average molecular weight is 210 g/mol. The van der Waals surface area contributed by atoms with Crippen LogP contribution < -0.4 is 0 Å². The van der Waals surface area contributed by atoms with Crippen molar-refractivity contribution in [3.8, 4) is 0 Å². The first kappa shape index (κ1) is 12.8. The third-order valence-electron chi connectivity index (χ3n) is 3.93. The van der Waals surface area contributed by atoms with E-state index in [-0.39, 0.29) is 6.10 Å². The summed E-state index contributed by atoms with van der Waals surface area (Å²) in [5.74, 6) is 0.515. The van der Waals surface area contributed by atoms with E-state index in [1.807, 2.05) is 0 Å². The van der Waals surface area contributed by atoms with Crippen LogP contribution in [0.15, 0.2) is 12.2 Å². The third kappa shape index (κ3) is 3.98. The van der Waals surface area contributed by atoms with Gasteiger partial charge in [-0.1, -0.05) is 32.9 Å². The second-order valence-electron chi connectivity index (χ2n) is 5.88. The van der Waals surface area contributed by atoms with E-state index in [0.29, 0.717) is 11.3 Å². The molecule has 1 aliphatic carbocycles. The van der Waals surface area contributed by atoms with Crippen molar-refractivity contribution in [1.29, 1.82) is 0 Å². The Bertz CT molecular complexity index is 207. The molecule has 1 heteroatoms. The standard InChI is InChI=1S/C14H26O/c1-5-11(2)10-13(15)12-6-8-14(3,4)9-7-12/h12-13,15H,2,5-10H2,1,3-4H3. The van der Waals surface area contributed by atoms with Gasteiger partial charge in [0.15, 0.2) is 0 Å². The Morgan fingerprint density at radius 3 is 2.40 bits per heavy atom. The second kappa shape index (κ2) is 5.16. The summed E-state index contributed by atoms with van der Waals surface area (Å²) in [6.07, 6.45) is 6.54. The summed E-state index contributed by atoms with van der Waals surface area (Å²) in [6.45, 7) is 10.8. The van der Waals surface area contributed by atoms with Crippen molar-refractivity contribution in [1.82, 2.24) is 0 Å². The minimum atomic E-state index is -0.145. The monoisotopic (exact) mass is 210 g/mol. The van der Waals surface area contributed by atoms with Crippen molar-refractivity contribution in [2.24, 2.45) is 11.3 Å². The number of aliphatic hydroxyl groups is 1. The van der Waals surface area contributed by atoms with Crippen LogP contribution in [-0.4, -0.2) is 11.2 Å². The molecular weight excluding hydrogens is 184 g/mol. The summed E-state index contributed by atoms with van der Waals surface area (Å²) >= 11 is 0. The molecule has 15 heavy (non-hydrogen) atoms. The highest BCUT2D eigenvalue weighted by atomic mass is 16.3.